The molecule has 1 aliphatic heterocycles. The van der Waals surface area contributed by atoms with Gasteiger partial charge in [-0.15, -0.1) is 11.8 Å². The highest BCUT2D eigenvalue weighted by Gasteiger charge is 2.22. The van der Waals surface area contributed by atoms with Crippen LogP contribution in [0.2, 0.25) is 0 Å². The monoisotopic (exact) mass is 468 g/mol. The van der Waals surface area contributed by atoms with E-state index in [1.54, 1.807) is 19.2 Å². The quantitative estimate of drug-likeness (QED) is 0.599. The Bertz CT molecular complexity index is 947. The Kier molecular flexibility index (Phi) is 8.10. The number of urea groups is 1. The Balaban J connectivity index is 1.34. The number of pyridine rings is 1. The summed E-state index contributed by atoms with van der Waals surface area (Å²) in [5.41, 5.74) is 1.35. The van der Waals surface area contributed by atoms with Crippen LogP contribution in [-0.4, -0.2) is 59.9 Å². The van der Waals surface area contributed by atoms with Crippen molar-refractivity contribution in [3.8, 4) is 0 Å². The maximum absolute atomic E-state index is 13.1. The summed E-state index contributed by atoms with van der Waals surface area (Å²) in [7, 11) is 0. The van der Waals surface area contributed by atoms with E-state index in [-0.39, 0.29) is 12.0 Å². The number of ether oxygens (including phenoxy) is 1. The lowest BCUT2D eigenvalue weighted by Gasteiger charge is -2.24. The number of amides is 2. The molecule has 1 aromatic heterocycles. The summed E-state index contributed by atoms with van der Waals surface area (Å²) < 4.78 is 5.02. The third-order valence-electron chi connectivity index (χ3n) is 6.09. The average Bonchev–Trinajstić information content (AvgIpc) is 3.22. The molecule has 33 heavy (non-hydrogen) atoms. The van der Waals surface area contributed by atoms with E-state index in [9.17, 15) is 9.59 Å². The second kappa shape index (κ2) is 11.4. The lowest BCUT2D eigenvalue weighted by atomic mass is 10.2. The number of aromatic nitrogens is 1. The lowest BCUT2D eigenvalue weighted by Crippen LogP contribution is -2.38. The summed E-state index contributed by atoms with van der Waals surface area (Å²) in [6, 6.07) is 11.7. The molecule has 0 spiro atoms. The van der Waals surface area contributed by atoms with E-state index in [2.05, 4.69) is 21.3 Å². The van der Waals surface area contributed by atoms with Crippen molar-refractivity contribution < 1.29 is 14.3 Å². The van der Waals surface area contributed by atoms with Crippen molar-refractivity contribution >= 4 is 35.3 Å². The van der Waals surface area contributed by atoms with Crippen LogP contribution in [0.3, 0.4) is 0 Å². The Hall–Kier alpha value is -2.74. The number of nitrogens with one attached hydrogen (secondary N) is 1. The predicted molar refractivity (Wildman–Crippen MR) is 132 cm³/mol. The highest BCUT2D eigenvalue weighted by molar-refractivity contribution is 8.00. The molecule has 0 unspecified atom stereocenters. The summed E-state index contributed by atoms with van der Waals surface area (Å²) in [6.45, 7) is 4.94. The van der Waals surface area contributed by atoms with Gasteiger partial charge in [-0.05, 0) is 50.5 Å². The summed E-state index contributed by atoms with van der Waals surface area (Å²) in [6.07, 6.45) is 7.52. The van der Waals surface area contributed by atoms with Gasteiger partial charge >= 0.3 is 12.0 Å². The summed E-state index contributed by atoms with van der Waals surface area (Å²) >= 11 is 1.89. The maximum atomic E-state index is 13.1. The zero-order valence-corrected chi connectivity index (χ0v) is 20.0. The third kappa shape index (κ3) is 6.19. The van der Waals surface area contributed by atoms with Gasteiger partial charge in [-0.2, -0.15) is 0 Å². The molecule has 0 bridgehead atoms. The van der Waals surface area contributed by atoms with E-state index in [4.69, 9.17) is 4.74 Å². The Morgan fingerprint density at radius 1 is 1.06 bits per heavy atom. The maximum Gasteiger partial charge on any atom is 0.339 e. The van der Waals surface area contributed by atoms with Gasteiger partial charge in [-0.1, -0.05) is 25.0 Å². The number of para-hydroxylation sites is 1. The number of benzene rings is 1. The number of rotatable bonds is 6. The van der Waals surface area contributed by atoms with Crippen molar-refractivity contribution in [1.29, 1.82) is 0 Å². The van der Waals surface area contributed by atoms with Gasteiger partial charge < -0.3 is 19.9 Å². The first-order chi connectivity index (χ1) is 16.1. The Morgan fingerprint density at radius 3 is 2.64 bits per heavy atom. The van der Waals surface area contributed by atoms with E-state index in [0.717, 1.165) is 29.4 Å². The van der Waals surface area contributed by atoms with Crippen molar-refractivity contribution in [2.24, 2.45) is 0 Å². The molecule has 1 N–H and O–H groups in total. The number of hydrogen-bond acceptors (Lipinski definition) is 6. The van der Waals surface area contributed by atoms with Crippen molar-refractivity contribution in [3.63, 3.8) is 0 Å². The van der Waals surface area contributed by atoms with Gasteiger partial charge in [-0.25, -0.2) is 14.6 Å². The average molecular weight is 469 g/mol. The fraction of sp³-hybridized carbons (Fsp3) is 0.480. The molecule has 0 atom stereocenters. The number of thioether (sulfide) groups is 1. The number of hydrogen-bond donors (Lipinski definition) is 1. The van der Waals surface area contributed by atoms with Crippen molar-refractivity contribution in [2.45, 2.75) is 49.2 Å². The van der Waals surface area contributed by atoms with E-state index in [0.29, 0.717) is 37.1 Å². The van der Waals surface area contributed by atoms with Crippen molar-refractivity contribution in [2.75, 3.05) is 43.0 Å². The van der Waals surface area contributed by atoms with Crippen LogP contribution in [0.1, 0.15) is 49.4 Å². The highest BCUT2D eigenvalue weighted by Crippen LogP contribution is 2.38. The second-order valence-corrected chi connectivity index (χ2v) is 9.75. The predicted octanol–water partition coefficient (Wildman–Crippen LogP) is 5.04. The van der Waals surface area contributed by atoms with Gasteiger partial charge in [0.1, 0.15) is 5.82 Å². The molecule has 4 rings (SSSR count). The standard InChI is InChI=1S/C25H32N4O3S/c1-2-32-24(30)19-12-13-23(26-18-19)28-14-7-15-29(17-16-28)25(31)27-21-10-5-6-11-22(21)33-20-8-3-4-9-20/h5-6,10-13,18,20H,2-4,7-9,14-17H2,1H3,(H,27,31). The van der Waals surface area contributed by atoms with Gasteiger partial charge in [0.05, 0.1) is 17.9 Å². The highest BCUT2D eigenvalue weighted by atomic mass is 32.2. The van der Waals surface area contributed by atoms with Crippen molar-refractivity contribution in [3.05, 3.63) is 48.2 Å². The first-order valence-electron chi connectivity index (χ1n) is 11.8. The summed E-state index contributed by atoms with van der Waals surface area (Å²) in [4.78, 5) is 34.5. The Morgan fingerprint density at radius 2 is 1.88 bits per heavy atom. The summed E-state index contributed by atoms with van der Waals surface area (Å²) in [5, 5.41) is 3.80. The van der Waals surface area contributed by atoms with Crippen LogP contribution in [0.4, 0.5) is 16.3 Å². The molecule has 2 aromatic rings. The van der Waals surface area contributed by atoms with Crippen LogP contribution in [0.15, 0.2) is 47.5 Å². The van der Waals surface area contributed by atoms with E-state index >= 15 is 0 Å². The van der Waals surface area contributed by atoms with Gasteiger partial charge in [0.15, 0.2) is 0 Å². The largest absolute Gasteiger partial charge is 0.462 e. The van der Waals surface area contributed by atoms with E-state index in [1.807, 2.05) is 40.9 Å². The SMILES string of the molecule is CCOC(=O)c1ccc(N2CCCN(C(=O)Nc3ccccc3SC3CCCC3)CC2)nc1. The number of anilines is 2. The zero-order valence-electron chi connectivity index (χ0n) is 19.2. The minimum absolute atomic E-state index is 0.0538. The van der Waals surface area contributed by atoms with Gasteiger partial charge in [0.2, 0.25) is 0 Å². The van der Waals surface area contributed by atoms with Crippen LogP contribution in [0.5, 0.6) is 0 Å². The van der Waals surface area contributed by atoms with Gasteiger partial charge in [0, 0.05) is 42.5 Å². The topological polar surface area (TPSA) is 74.8 Å². The molecule has 2 aliphatic rings. The second-order valence-electron chi connectivity index (χ2n) is 8.40. The third-order valence-corrected chi connectivity index (χ3v) is 7.51. The molecule has 2 amide bonds. The molecule has 1 aromatic carbocycles. The molecular formula is C25H32N4O3S. The molecular weight excluding hydrogens is 436 g/mol. The van der Waals surface area contributed by atoms with Crippen LogP contribution in [-0.2, 0) is 4.74 Å². The first-order valence-corrected chi connectivity index (χ1v) is 12.7. The molecule has 1 saturated carbocycles. The number of esters is 1. The Labute approximate surface area is 199 Å². The minimum atomic E-state index is -0.360. The lowest BCUT2D eigenvalue weighted by molar-refractivity contribution is 0.0526. The molecule has 8 heteroatoms. The fourth-order valence-corrected chi connectivity index (χ4v) is 5.64. The van der Waals surface area contributed by atoms with Crippen LogP contribution in [0, 0.1) is 0 Å². The van der Waals surface area contributed by atoms with Crippen LogP contribution < -0.4 is 10.2 Å². The number of carbonyl (C=O) groups is 2. The molecule has 2 heterocycles. The van der Waals surface area contributed by atoms with E-state index in [1.165, 1.54) is 25.7 Å². The van der Waals surface area contributed by atoms with E-state index < -0.39 is 0 Å². The smallest absolute Gasteiger partial charge is 0.339 e. The van der Waals surface area contributed by atoms with Gasteiger partial charge in [-0.3, -0.25) is 0 Å². The van der Waals surface area contributed by atoms with Crippen LogP contribution >= 0.6 is 11.8 Å². The molecule has 0 radical (unpaired) electrons. The summed E-state index contributed by atoms with van der Waals surface area (Å²) in [5.74, 6) is 0.449. The fourth-order valence-electron chi connectivity index (χ4n) is 4.31. The van der Waals surface area contributed by atoms with Crippen molar-refractivity contribution in [1.82, 2.24) is 9.88 Å². The number of nitrogens with zero attached hydrogens (tertiary/aromatic N) is 3. The number of carbonyl (C=O) groups excluding carboxylic acids is 2. The molecule has 7 nitrogen and oxygen atoms in total. The molecule has 176 valence electrons. The first kappa shape index (κ1) is 23.4. The molecule has 1 aliphatic carbocycles. The molecule has 2 fully saturated rings. The normalized spacial score (nSPS) is 17.0. The zero-order chi connectivity index (χ0) is 23.0. The van der Waals surface area contributed by atoms with Gasteiger partial charge in [0.25, 0.3) is 0 Å². The van der Waals surface area contributed by atoms with Crippen LogP contribution in [0.25, 0.3) is 0 Å². The molecule has 1 saturated heterocycles. The minimum Gasteiger partial charge on any atom is -0.462 e.